The number of carbonyl (C=O) groups is 1. The number of thiophene rings is 1. The molecular formula is C11H18N2OS. The standard InChI is InChI=1S/C11H18N2OS/c1-4-9(3)13-11(14)12-7-10-8(2)5-6-15-10/h5-6,9H,4,7H2,1-3H3,(H2,12,13,14). The number of hydrogen-bond donors (Lipinski definition) is 2. The molecule has 1 rings (SSSR count). The minimum atomic E-state index is -0.0860. The lowest BCUT2D eigenvalue weighted by Crippen LogP contribution is -2.40. The van der Waals surface area contributed by atoms with E-state index < -0.39 is 0 Å². The number of rotatable bonds is 4. The van der Waals surface area contributed by atoms with Crippen molar-refractivity contribution in [3.63, 3.8) is 0 Å². The number of hydrogen-bond acceptors (Lipinski definition) is 2. The first-order valence-electron chi connectivity index (χ1n) is 5.20. The Labute approximate surface area is 94.9 Å². The van der Waals surface area contributed by atoms with Gasteiger partial charge in [-0.05, 0) is 37.3 Å². The first-order chi connectivity index (χ1) is 7.13. The average Bonchev–Trinajstić information content (AvgIpc) is 2.61. The topological polar surface area (TPSA) is 41.1 Å². The maximum Gasteiger partial charge on any atom is 0.315 e. The summed E-state index contributed by atoms with van der Waals surface area (Å²) in [4.78, 5) is 12.6. The van der Waals surface area contributed by atoms with E-state index in [1.165, 1.54) is 10.4 Å². The number of urea groups is 1. The Kier molecular flexibility index (Phi) is 4.62. The maximum atomic E-state index is 11.4. The van der Waals surface area contributed by atoms with E-state index in [0.29, 0.717) is 6.54 Å². The molecule has 3 nitrogen and oxygen atoms in total. The van der Waals surface area contributed by atoms with Gasteiger partial charge in [-0.2, -0.15) is 0 Å². The molecule has 2 N–H and O–H groups in total. The van der Waals surface area contributed by atoms with E-state index in [1.54, 1.807) is 11.3 Å². The Hall–Kier alpha value is -1.03. The molecule has 0 bridgehead atoms. The van der Waals surface area contributed by atoms with Crippen LogP contribution >= 0.6 is 11.3 Å². The van der Waals surface area contributed by atoms with Crippen LogP contribution in [0.5, 0.6) is 0 Å². The summed E-state index contributed by atoms with van der Waals surface area (Å²) >= 11 is 1.67. The third-order valence-electron chi connectivity index (χ3n) is 2.37. The van der Waals surface area contributed by atoms with E-state index in [4.69, 9.17) is 0 Å². The van der Waals surface area contributed by atoms with Gasteiger partial charge in [0.15, 0.2) is 0 Å². The van der Waals surface area contributed by atoms with Crippen LogP contribution in [0.15, 0.2) is 11.4 Å². The fourth-order valence-electron chi connectivity index (χ4n) is 1.12. The molecule has 0 aliphatic heterocycles. The van der Waals surface area contributed by atoms with E-state index >= 15 is 0 Å². The fraction of sp³-hybridized carbons (Fsp3) is 0.545. The molecule has 1 heterocycles. The highest BCUT2D eigenvalue weighted by Crippen LogP contribution is 2.14. The number of aryl methyl sites for hydroxylation is 1. The number of amides is 2. The molecule has 4 heteroatoms. The van der Waals surface area contributed by atoms with Crippen molar-refractivity contribution in [2.24, 2.45) is 0 Å². The molecule has 0 fully saturated rings. The summed E-state index contributed by atoms with van der Waals surface area (Å²) < 4.78 is 0. The molecule has 0 aliphatic carbocycles. The van der Waals surface area contributed by atoms with Crippen molar-refractivity contribution in [3.05, 3.63) is 21.9 Å². The lowest BCUT2D eigenvalue weighted by atomic mass is 10.3. The van der Waals surface area contributed by atoms with Crippen LogP contribution < -0.4 is 10.6 Å². The van der Waals surface area contributed by atoms with E-state index in [2.05, 4.69) is 23.6 Å². The van der Waals surface area contributed by atoms with E-state index in [-0.39, 0.29) is 12.1 Å². The highest BCUT2D eigenvalue weighted by molar-refractivity contribution is 7.10. The largest absolute Gasteiger partial charge is 0.336 e. The van der Waals surface area contributed by atoms with Crippen LogP contribution in [-0.2, 0) is 6.54 Å². The van der Waals surface area contributed by atoms with Crippen LogP contribution in [0.4, 0.5) is 4.79 Å². The van der Waals surface area contributed by atoms with Crippen molar-refractivity contribution in [3.8, 4) is 0 Å². The van der Waals surface area contributed by atoms with Gasteiger partial charge in [-0.15, -0.1) is 11.3 Å². The molecule has 84 valence electrons. The Morgan fingerprint density at radius 2 is 2.33 bits per heavy atom. The fourth-order valence-corrected chi connectivity index (χ4v) is 1.97. The second-order valence-corrected chi connectivity index (χ2v) is 4.66. The zero-order chi connectivity index (χ0) is 11.3. The Bertz CT molecular complexity index is 322. The summed E-state index contributed by atoms with van der Waals surface area (Å²) in [5, 5.41) is 7.76. The molecule has 0 aliphatic rings. The molecule has 0 saturated heterocycles. The number of carbonyl (C=O) groups excluding carboxylic acids is 1. The van der Waals surface area contributed by atoms with Gasteiger partial charge in [0.05, 0.1) is 6.54 Å². The molecule has 1 unspecified atom stereocenters. The summed E-state index contributed by atoms with van der Waals surface area (Å²) in [5.41, 5.74) is 1.24. The van der Waals surface area contributed by atoms with Crippen LogP contribution in [0.2, 0.25) is 0 Å². The molecule has 1 atom stereocenters. The van der Waals surface area contributed by atoms with Gasteiger partial charge in [0.2, 0.25) is 0 Å². The van der Waals surface area contributed by atoms with Crippen molar-refractivity contribution < 1.29 is 4.79 Å². The molecule has 1 aromatic rings. The summed E-state index contributed by atoms with van der Waals surface area (Å²) in [5.74, 6) is 0. The van der Waals surface area contributed by atoms with Crippen molar-refractivity contribution in [1.82, 2.24) is 10.6 Å². The molecule has 0 saturated carbocycles. The molecule has 0 radical (unpaired) electrons. The predicted octanol–water partition coefficient (Wildman–Crippen LogP) is 2.65. The second-order valence-electron chi connectivity index (χ2n) is 3.66. The van der Waals surface area contributed by atoms with Gasteiger partial charge >= 0.3 is 6.03 Å². The van der Waals surface area contributed by atoms with E-state index in [9.17, 15) is 4.79 Å². The van der Waals surface area contributed by atoms with Gasteiger partial charge in [-0.25, -0.2) is 4.79 Å². The Morgan fingerprint density at radius 1 is 1.60 bits per heavy atom. The molecule has 2 amide bonds. The predicted molar refractivity (Wildman–Crippen MR) is 64.2 cm³/mol. The maximum absolute atomic E-state index is 11.4. The third-order valence-corrected chi connectivity index (χ3v) is 3.39. The van der Waals surface area contributed by atoms with Crippen LogP contribution in [0.1, 0.15) is 30.7 Å². The minimum Gasteiger partial charge on any atom is -0.336 e. The summed E-state index contributed by atoms with van der Waals surface area (Å²) in [7, 11) is 0. The summed E-state index contributed by atoms with van der Waals surface area (Å²) in [6.07, 6.45) is 0.950. The summed E-state index contributed by atoms with van der Waals surface area (Å²) in [6.45, 7) is 6.72. The minimum absolute atomic E-state index is 0.0860. The summed E-state index contributed by atoms with van der Waals surface area (Å²) in [6, 6.07) is 2.21. The molecular weight excluding hydrogens is 208 g/mol. The highest BCUT2D eigenvalue weighted by Gasteiger charge is 2.05. The Morgan fingerprint density at radius 3 is 2.87 bits per heavy atom. The van der Waals surface area contributed by atoms with Gasteiger partial charge in [0, 0.05) is 10.9 Å². The van der Waals surface area contributed by atoms with Crippen molar-refractivity contribution >= 4 is 17.4 Å². The first kappa shape index (κ1) is 12.0. The third kappa shape index (κ3) is 3.91. The van der Waals surface area contributed by atoms with Gasteiger partial charge in [0.25, 0.3) is 0 Å². The SMILES string of the molecule is CCC(C)NC(=O)NCc1sccc1C. The van der Waals surface area contributed by atoms with E-state index in [0.717, 1.165) is 6.42 Å². The monoisotopic (exact) mass is 226 g/mol. The van der Waals surface area contributed by atoms with Gasteiger partial charge in [0.1, 0.15) is 0 Å². The number of nitrogens with one attached hydrogen (secondary N) is 2. The first-order valence-corrected chi connectivity index (χ1v) is 6.08. The van der Waals surface area contributed by atoms with Crippen LogP contribution in [-0.4, -0.2) is 12.1 Å². The molecule has 15 heavy (non-hydrogen) atoms. The smallest absolute Gasteiger partial charge is 0.315 e. The van der Waals surface area contributed by atoms with Gasteiger partial charge in [-0.3, -0.25) is 0 Å². The van der Waals surface area contributed by atoms with Crippen molar-refractivity contribution in [2.45, 2.75) is 39.8 Å². The normalized spacial score (nSPS) is 12.2. The quantitative estimate of drug-likeness (QED) is 0.814. The zero-order valence-electron chi connectivity index (χ0n) is 9.46. The highest BCUT2D eigenvalue weighted by atomic mass is 32.1. The van der Waals surface area contributed by atoms with Gasteiger partial charge in [-0.1, -0.05) is 6.92 Å². The second kappa shape index (κ2) is 5.75. The van der Waals surface area contributed by atoms with Crippen molar-refractivity contribution in [2.75, 3.05) is 0 Å². The molecule has 0 spiro atoms. The molecule has 0 aromatic carbocycles. The van der Waals surface area contributed by atoms with Crippen LogP contribution in [0, 0.1) is 6.92 Å². The van der Waals surface area contributed by atoms with Crippen LogP contribution in [0.25, 0.3) is 0 Å². The zero-order valence-corrected chi connectivity index (χ0v) is 10.3. The lowest BCUT2D eigenvalue weighted by molar-refractivity contribution is 0.237. The molecule has 1 aromatic heterocycles. The van der Waals surface area contributed by atoms with E-state index in [1.807, 2.05) is 19.2 Å². The Balaban J connectivity index is 2.31. The van der Waals surface area contributed by atoms with Crippen molar-refractivity contribution in [1.29, 1.82) is 0 Å². The van der Waals surface area contributed by atoms with Gasteiger partial charge < -0.3 is 10.6 Å². The average molecular weight is 226 g/mol. The van der Waals surface area contributed by atoms with Crippen LogP contribution in [0.3, 0.4) is 0 Å². The lowest BCUT2D eigenvalue weighted by Gasteiger charge is -2.12.